The van der Waals surface area contributed by atoms with E-state index in [1.165, 1.54) is 6.42 Å². The Morgan fingerprint density at radius 3 is 2.52 bits per heavy atom. The molecule has 6 nitrogen and oxygen atoms in total. The summed E-state index contributed by atoms with van der Waals surface area (Å²) < 4.78 is 4.98. The number of hydrogen-bond donors (Lipinski definition) is 2. The van der Waals surface area contributed by atoms with Gasteiger partial charge in [-0.05, 0) is 43.0 Å². The molecule has 1 aliphatic rings. The minimum atomic E-state index is -0.508. The number of ether oxygens (including phenoxy) is 1. The number of amides is 2. The predicted octanol–water partition coefficient (Wildman–Crippen LogP) is 3.25. The second-order valence-electron chi connectivity index (χ2n) is 6.64. The molecule has 27 heavy (non-hydrogen) atoms. The highest BCUT2D eigenvalue weighted by molar-refractivity contribution is 8.00. The summed E-state index contributed by atoms with van der Waals surface area (Å²) in [5.41, 5.74) is 0.640. The molecule has 0 spiro atoms. The summed E-state index contributed by atoms with van der Waals surface area (Å²) in [6, 6.07) is 6.92. The molecule has 1 saturated carbocycles. The van der Waals surface area contributed by atoms with Crippen molar-refractivity contribution in [3.05, 3.63) is 29.3 Å². The summed E-state index contributed by atoms with van der Waals surface area (Å²) in [5.74, 6) is -0.420. The van der Waals surface area contributed by atoms with Gasteiger partial charge in [0.25, 0.3) is 5.91 Å². The summed E-state index contributed by atoms with van der Waals surface area (Å²) >= 11 is 6.92. The molecule has 148 valence electrons. The maximum absolute atomic E-state index is 11.9. The predicted molar refractivity (Wildman–Crippen MR) is 108 cm³/mol. The average molecular weight is 413 g/mol. The van der Waals surface area contributed by atoms with Crippen molar-refractivity contribution in [1.29, 1.82) is 0 Å². The van der Waals surface area contributed by atoms with Crippen molar-refractivity contribution in [3.8, 4) is 0 Å². The molecule has 2 rings (SSSR count). The zero-order valence-corrected chi connectivity index (χ0v) is 16.9. The van der Waals surface area contributed by atoms with E-state index in [1.54, 1.807) is 24.3 Å². The van der Waals surface area contributed by atoms with Crippen molar-refractivity contribution in [2.45, 2.75) is 38.6 Å². The van der Waals surface area contributed by atoms with Crippen LogP contribution < -0.4 is 10.6 Å². The normalized spacial score (nSPS) is 19.2. The summed E-state index contributed by atoms with van der Waals surface area (Å²) in [6.45, 7) is 1.85. The molecular weight excluding hydrogens is 388 g/mol. The van der Waals surface area contributed by atoms with Crippen molar-refractivity contribution in [2.75, 3.05) is 23.4 Å². The fourth-order valence-electron chi connectivity index (χ4n) is 2.92. The number of carbonyl (C=O) groups excluding carboxylic acids is 3. The Morgan fingerprint density at radius 1 is 1.11 bits per heavy atom. The number of thioether (sulfide) groups is 1. The molecule has 1 aliphatic carbocycles. The fourth-order valence-corrected chi connectivity index (χ4v) is 3.66. The van der Waals surface area contributed by atoms with Gasteiger partial charge in [-0.15, -0.1) is 11.8 Å². The van der Waals surface area contributed by atoms with Gasteiger partial charge < -0.3 is 15.4 Å². The highest BCUT2D eigenvalue weighted by atomic mass is 35.5. The number of benzene rings is 1. The molecule has 0 unspecified atom stereocenters. The first-order valence-electron chi connectivity index (χ1n) is 9.02. The lowest BCUT2D eigenvalue weighted by atomic mass is 9.86. The highest BCUT2D eigenvalue weighted by Gasteiger charge is 2.23. The van der Waals surface area contributed by atoms with Gasteiger partial charge >= 0.3 is 5.97 Å². The van der Waals surface area contributed by atoms with Crippen LogP contribution in [0.4, 0.5) is 5.69 Å². The maximum Gasteiger partial charge on any atom is 0.316 e. The molecule has 2 amide bonds. The summed E-state index contributed by atoms with van der Waals surface area (Å²) in [6.07, 6.45) is 4.40. The number of nitrogens with one attached hydrogen (secondary N) is 2. The maximum atomic E-state index is 11.9. The van der Waals surface area contributed by atoms with Crippen LogP contribution in [0.5, 0.6) is 0 Å². The first kappa shape index (κ1) is 21.6. The second-order valence-corrected chi connectivity index (χ2v) is 8.07. The summed E-state index contributed by atoms with van der Waals surface area (Å²) in [5, 5.41) is 6.23. The van der Waals surface area contributed by atoms with Crippen LogP contribution >= 0.6 is 23.4 Å². The van der Waals surface area contributed by atoms with Crippen molar-refractivity contribution in [2.24, 2.45) is 5.92 Å². The van der Waals surface area contributed by atoms with Crippen LogP contribution in [0.1, 0.15) is 32.6 Å². The molecule has 1 fully saturated rings. The Morgan fingerprint density at radius 2 is 1.81 bits per heavy atom. The third-order valence-corrected chi connectivity index (χ3v) is 5.56. The van der Waals surface area contributed by atoms with Gasteiger partial charge in [-0.2, -0.15) is 0 Å². The van der Waals surface area contributed by atoms with Crippen LogP contribution in [0.15, 0.2) is 24.3 Å². The van der Waals surface area contributed by atoms with Crippen LogP contribution in [-0.2, 0) is 19.1 Å². The van der Waals surface area contributed by atoms with E-state index in [-0.39, 0.29) is 36.0 Å². The van der Waals surface area contributed by atoms with E-state index in [0.29, 0.717) is 16.6 Å². The van der Waals surface area contributed by atoms with Gasteiger partial charge in [0.05, 0.1) is 11.5 Å². The number of carbonyl (C=O) groups is 3. The van der Waals surface area contributed by atoms with Gasteiger partial charge in [0.2, 0.25) is 5.91 Å². The van der Waals surface area contributed by atoms with Gasteiger partial charge in [0, 0.05) is 16.8 Å². The smallest absolute Gasteiger partial charge is 0.316 e. The Balaban J connectivity index is 1.58. The molecule has 1 aromatic carbocycles. The number of anilines is 1. The SMILES string of the molecule is C[C@@H]1CCCC[C@@H]1NC(=O)COC(=O)CSCC(=O)Nc1ccc(Cl)cc1. The molecule has 0 bridgehead atoms. The van der Waals surface area contributed by atoms with E-state index in [1.807, 2.05) is 0 Å². The van der Waals surface area contributed by atoms with Gasteiger partial charge in [-0.3, -0.25) is 14.4 Å². The monoisotopic (exact) mass is 412 g/mol. The molecule has 1 aromatic rings. The molecule has 2 N–H and O–H groups in total. The van der Waals surface area contributed by atoms with E-state index in [9.17, 15) is 14.4 Å². The Hall–Kier alpha value is -1.73. The lowest BCUT2D eigenvalue weighted by Crippen LogP contribution is -2.43. The zero-order valence-electron chi connectivity index (χ0n) is 15.3. The molecule has 0 aliphatic heterocycles. The highest BCUT2D eigenvalue weighted by Crippen LogP contribution is 2.23. The third-order valence-electron chi connectivity index (χ3n) is 4.40. The van der Waals surface area contributed by atoms with Crippen molar-refractivity contribution in [3.63, 3.8) is 0 Å². The Labute approximate surface area is 168 Å². The number of hydrogen-bond acceptors (Lipinski definition) is 5. The van der Waals surface area contributed by atoms with E-state index in [2.05, 4.69) is 17.6 Å². The molecule has 0 radical (unpaired) electrons. The van der Waals surface area contributed by atoms with Crippen molar-refractivity contribution >= 4 is 46.8 Å². The van der Waals surface area contributed by atoms with Gasteiger partial charge in [-0.1, -0.05) is 31.4 Å². The van der Waals surface area contributed by atoms with Gasteiger partial charge in [-0.25, -0.2) is 0 Å². The lowest BCUT2D eigenvalue weighted by Gasteiger charge is -2.29. The lowest BCUT2D eigenvalue weighted by molar-refractivity contribution is -0.146. The largest absolute Gasteiger partial charge is 0.455 e. The van der Waals surface area contributed by atoms with Crippen LogP contribution in [0.25, 0.3) is 0 Å². The standard InChI is InChI=1S/C19H25ClN2O4S/c1-13-4-2-3-5-16(13)22-17(23)10-26-19(25)12-27-11-18(24)21-15-8-6-14(20)7-9-15/h6-9,13,16H,2-5,10-12H2,1H3,(H,21,24)(H,22,23)/t13-,16+/m1/s1. The van der Waals surface area contributed by atoms with Crippen LogP contribution in [-0.4, -0.2) is 41.9 Å². The topological polar surface area (TPSA) is 84.5 Å². The summed E-state index contributed by atoms with van der Waals surface area (Å²) in [4.78, 5) is 35.4. The van der Waals surface area contributed by atoms with Gasteiger partial charge in [0.15, 0.2) is 6.61 Å². The Bertz CT molecular complexity index is 654. The minimum Gasteiger partial charge on any atom is -0.455 e. The van der Waals surface area contributed by atoms with Crippen molar-refractivity contribution < 1.29 is 19.1 Å². The number of rotatable bonds is 8. The molecule has 2 atom stereocenters. The quantitative estimate of drug-likeness (QED) is 0.640. The molecule has 0 aromatic heterocycles. The third kappa shape index (κ3) is 8.22. The van der Waals surface area contributed by atoms with Crippen LogP contribution in [0.3, 0.4) is 0 Å². The molecule has 0 heterocycles. The Kier molecular flexibility index (Phi) is 8.94. The molecular formula is C19H25ClN2O4S. The van der Waals surface area contributed by atoms with Gasteiger partial charge in [0.1, 0.15) is 0 Å². The van der Waals surface area contributed by atoms with E-state index >= 15 is 0 Å². The van der Waals surface area contributed by atoms with Crippen LogP contribution in [0, 0.1) is 5.92 Å². The fraction of sp³-hybridized carbons (Fsp3) is 0.526. The first-order chi connectivity index (χ1) is 12.9. The molecule has 8 heteroatoms. The second kappa shape index (κ2) is 11.2. The van der Waals surface area contributed by atoms with Crippen LogP contribution in [0.2, 0.25) is 5.02 Å². The van der Waals surface area contributed by atoms with Crippen molar-refractivity contribution in [1.82, 2.24) is 5.32 Å². The van der Waals surface area contributed by atoms with E-state index in [4.69, 9.17) is 16.3 Å². The average Bonchev–Trinajstić information content (AvgIpc) is 2.64. The summed E-state index contributed by atoms with van der Waals surface area (Å²) in [7, 11) is 0. The minimum absolute atomic E-state index is 0.0150. The molecule has 0 saturated heterocycles. The van der Waals surface area contributed by atoms with E-state index in [0.717, 1.165) is 31.0 Å². The zero-order chi connectivity index (χ0) is 19.6. The number of halogens is 1. The first-order valence-corrected chi connectivity index (χ1v) is 10.6. The van der Waals surface area contributed by atoms with E-state index < -0.39 is 5.97 Å². The number of esters is 1.